The summed E-state index contributed by atoms with van der Waals surface area (Å²) in [5.74, 6) is -2.04. The largest absolute Gasteiger partial charge is 0.345 e. The molecule has 3 N–H and O–H groups in total. The Morgan fingerprint density at radius 3 is 2.71 bits per heavy atom. The fraction of sp³-hybridized carbons (Fsp3) is 0.588. The first-order valence-electron chi connectivity index (χ1n) is 8.55. The highest BCUT2D eigenvalue weighted by Gasteiger charge is 2.37. The molecule has 1 unspecified atom stereocenters. The van der Waals surface area contributed by atoms with Gasteiger partial charge in [0.25, 0.3) is 0 Å². The molecule has 1 aromatic heterocycles. The summed E-state index contributed by atoms with van der Waals surface area (Å²) >= 11 is 0. The zero-order valence-corrected chi connectivity index (χ0v) is 13.6. The van der Waals surface area contributed by atoms with Crippen molar-refractivity contribution in [3.8, 4) is 0 Å². The standard InChI is InChI=1S/C17H23FN4O2/c18-14-5-4-13(11-19-14)22-16(24)15(23)21-12-6-9-20-17(10-12)7-2-1-3-8-17/h4-5,11-12,20H,1-3,6-10H2,(H,21,23)(H,22,24). The van der Waals surface area contributed by atoms with Gasteiger partial charge >= 0.3 is 11.8 Å². The molecule has 2 amide bonds. The van der Waals surface area contributed by atoms with E-state index in [9.17, 15) is 14.0 Å². The number of nitrogens with zero attached hydrogens (tertiary/aromatic N) is 1. The van der Waals surface area contributed by atoms with E-state index in [1.54, 1.807) is 0 Å². The van der Waals surface area contributed by atoms with E-state index in [0.717, 1.165) is 38.3 Å². The number of rotatable bonds is 2. The van der Waals surface area contributed by atoms with E-state index in [0.29, 0.717) is 5.69 Å². The predicted octanol–water partition coefficient (Wildman–Crippen LogP) is 1.73. The van der Waals surface area contributed by atoms with E-state index in [2.05, 4.69) is 20.9 Å². The summed E-state index contributed by atoms with van der Waals surface area (Å²) in [7, 11) is 0. The molecule has 0 bridgehead atoms. The van der Waals surface area contributed by atoms with E-state index >= 15 is 0 Å². The van der Waals surface area contributed by atoms with E-state index in [1.165, 1.54) is 31.5 Å². The van der Waals surface area contributed by atoms with Crippen LogP contribution < -0.4 is 16.0 Å². The van der Waals surface area contributed by atoms with Crippen LogP contribution in [0, 0.1) is 5.95 Å². The maximum Gasteiger partial charge on any atom is 0.313 e. The molecule has 6 nitrogen and oxygen atoms in total. The number of anilines is 1. The Hall–Kier alpha value is -2.02. The molecule has 24 heavy (non-hydrogen) atoms. The minimum absolute atomic E-state index is 0.00828. The fourth-order valence-electron chi connectivity index (χ4n) is 3.78. The first-order valence-corrected chi connectivity index (χ1v) is 8.55. The van der Waals surface area contributed by atoms with Crippen molar-refractivity contribution in [3.05, 3.63) is 24.3 Å². The van der Waals surface area contributed by atoms with Crippen LogP contribution in [0.15, 0.2) is 18.3 Å². The predicted molar refractivity (Wildman–Crippen MR) is 87.8 cm³/mol. The van der Waals surface area contributed by atoms with Crippen LogP contribution in [0.5, 0.6) is 0 Å². The molecule has 1 aromatic rings. The van der Waals surface area contributed by atoms with Crippen molar-refractivity contribution >= 4 is 17.5 Å². The topological polar surface area (TPSA) is 83.1 Å². The molecule has 1 saturated heterocycles. The maximum absolute atomic E-state index is 12.8. The smallest absolute Gasteiger partial charge is 0.313 e. The monoisotopic (exact) mass is 334 g/mol. The molecule has 1 atom stereocenters. The lowest BCUT2D eigenvalue weighted by Gasteiger charge is -2.44. The molecule has 3 rings (SSSR count). The van der Waals surface area contributed by atoms with E-state index < -0.39 is 17.8 Å². The van der Waals surface area contributed by atoms with Gasteiger partial charge in [-0.1, -0.05) is 19.3 Å². The molecule has 2 aliphatic rings. The van der Waals surface area contributed by atoms with Crippen molar-refractivity contribution in [2.75, 3.05) is 11.9 Å². The van der Waals surface area contributed by atoms with E-state index in [-0.39, 0.29) is 11.6 Å². The summed E-state index contributed by atoms with van der Waals surface area (Å²) in [6.45, 7) is 0.856. The average molecular weight is 334 g/mol. The number of amides is 2. The van der Waals surface area contributed by atoms with Gasteiger partial charge < -0.3 is 16.0 Å². The molecule has 1 aliphatic carbocycles. The minimum atomic E-state index is -0.750. The van der Waals surface area contributed by atoms with Gasteiger partial charge in [0.05, 0.1) is 11.9 Å². The van der Waals surface area contributed by atoms with Crippen LogP contribution >= 0.6 is 0 Å². The van der Waals surface area contributed by atoms with Crippen molar-refractivity contribution in [1.82, 2.24) is 15.6 Å². The van der Waals surface area contributed by atoms with Crippen molar-refractivity contribution in [1.29, 1.82) is 0 Å². The molecule has 2 fully saturated rings. The van der Waals surface area contributed by atoms with Gasteiger partial charge in [-0.2, -0.15) is 4.39 Å². The third-order valence-electron chi connectivity index (χ3n) is 4.97. The van der Waals surface area contributed by atoms with Gasteiger partial charge in [-0.3, -0.25) is 9.59 Å². The third kappa shape index (κ3) is 4.08. The first-order chi connectivity index (χ1) is 11.6. The van der Waals surface area contributed by atoms with Gasteiger partial charge in [0.1, 0.15) is 0 Å². The Balaban J connectivity index is 1.53. The molecule has 0 radical (unpaired) electrons. The van der Waals surface area contributed by atoms with Crippen molar-refractivity contribution < 1.29 is 14.0 Å². The zero-order chi connectivity index (χ0) is 17.0. The highest BCUT2D eigenvalue weighted by molar-refractivity contribution is 6.39. The van der Waals surface area contributed by atoms with Crippen LogP contribution in [-0.2, 0) is 9.59 Å². The van der Waals surface area contributed by atoms with Crippen molar-refractivity contribution in [3.63, 3.8) is 0 Å². The molecule has 0 aromatic carbocycles. The number of hydrogen-bond acceptors (Lipinski definition) is 4. The Morgan fingerprint density at radius 1 is 1.21 bits per heavy atom. The second-order valence-electron chi connectivity index (χ2n) is 6.75. The molecule has 1 aliphatic heterocycles. The second kappa shape index (κ2) is 7.25. The Labute approximate surface area is 140 Å². The SMILES string of the molecule is O=C(Nc1ccc(F)nc1)C(=O)NC1CCNC2(CCCCC2)C1. The molecular weight excluding hydrogens is 311 g/mol. The summed E-state index contributed by atoms with van der Waals surface area (Å²) in [6, 6.07) is 2.51. The number of pyridine rings is 1. The lowest BCUT2D eigenvalue weighted by Crippen LogP contribution is -2.57. The summed E-state index contributed by atoms with van der Waals surface area (Å²) in [4.78, 5) is 27.5. The van der Waals surface area contributed by atoms with E-state index in [1.807, 2.05) is 0 Å². The van der Waals surface area contributed by atoms with Crippen LogP contribution in [0.25, 0.3) is 0 Å². The lowest BCUT2D eigenvalue weighted by atomic mass is 9.75. The number of hydrogen-bond donors (Lipinski definition) is 3. The number of nitrogens with one attached hydrogen (secondary N) is 3. The minimum Gasteiger partial charge on any atom is -0.345 e. The lowest BCUT2D eigenvalue weighted by molar-refractivity contribution is -0.136. The normalized spacial score (nSPS) is 22.8. The molecular formula is C17H23FN4O2. The Bertz CT molecular complexity index is 594. The zero-order valence-electron chi connectivity index (χ0n) is 13.6. The highest BCUT2D eigenvalue weighted by atomic mass is 19.1. The molecule has 130 valence electrons. The van der Waals surface area contributed by atoms with Crippen LogP contribution in [0.2, 0.25) is 0 Å². The van der Waals surface area contributed by atoms with Crippen molar-refractivity contribution in [2.24, 2.45) is 0 Å². The summed E-state index contributed by atoms with van der Waals surface area (Å²) in [6.07, 6.45) is 8.83. The first kappa shape index (κ1) is 16.8. The maximum atomic E-state index is 12.8. The molecule has 1 saturated carbocycles. The van der Waals surface area contributed by atoms with Gasteiger partial charge in [-0.05, 0) is 44.4 Å². The quantitative estimate of drug-likeness (QED) is 0.568. The summed E-state index contributed by atoms with van der Waals surface area (Å²) < 4.78 is 12.8. The van der Waals surface area contributed by atoms with Crippen LogP contribution in [0.1, 0.15) is 44.9 Å². The molecule has 1 spiro atoms. The number of carbonyl (C=O) groups is 2. The number of carbonyl (C=O) groups excluding carboxylic acids is 2. The van der Waals surface area contributed by atoms with Crippen LogP contribution in [0.3, 0.4) is 0 Å². The summed E-state index contributed by atoms with van der Waals surface area (Å²) in [5.41, 5.74) is 0.414. The molecule has 7 heteroatoms. The van der Waals surface area contributed by atoms with E-state index in [4.69, 9.17) is 0 Å². The highest BCUT2D eigenvalue weighted by Crippen LogP contribution is 2.34. The van der Waals surface area contributed by atoms with Gasteiger partial charge in [-0.25, -0.2) is 4.98 Å². The van der Waals surface area contributed by atoms with Gasteiger partial charge in [0.15, 0.2) is 0 Å². The average Bonchev–Trinajstić information content (AvgIpc) is 2.57. The number of halogens is 1. The molecule has 2 heterocycles. The Morgan fingerprint density at radius 2 is 2.00 bits per heavy atom. The van der Waals surface area contributed by atoms with Gasteiger partial charge in [0, 0.05) is 11.6 Å². The second-order valence-corrected chi connectivity index (χ2v) is 6.75. The summed E-state index contributed by atoms with van der Waals surface area (Å²) in [5, 5.41) is 8.89. The van der Waals surface area contributed by atoms with Crippen LogP contribution in [0.4, 0.5) is 10.1 Å². The van der Waals surface area contributed by atoms with Crippen LogP contribution in [-0.4, -0.2) is 34.9 Å². The third-order valence-corrected chi connectivity index (χ3v) is 4.97. The van der Waals surface area contributed by atoms with Crippen molar-refractivity contribution in [2.45, 2.75) is 56.5 Å². The number of piperidine rings is 1. The van der Waals surface area contributed by atoms with Gasteiger partial charge in [0.2, 0.25) is 5.95 Å². The van der Waals surface area contributed by atoms with Gasteiger partial charge in [-0.15, -0.1) is 0 Å². The fourth-order valence-corrected chi connectivity index (χ4v) is 3.78. The number of aromatic nitrogens is 1. The Kier molecular flexibility index (Phi) is 5.08.